The van der Waals surface area contributed by atoms with Crippen molar-refractivity contribution in [3.05, 3.63) is 48.0 Å². The largest absolute Gasteiger partial charge is 0.489 e. The minimum atomic E-state index is -0.350. The van der Waals surface area contributed by atoms with E-state index in [1.54, 1.807) is 25.2 Å². The molecule has 0 unspecified atom stereocenters. The van der Waals surface area contributed by atoms with Crippen LogP contribution in [0.4, 0.5) is 4.39 Å². The van der Waals surface area contributed by atoms with Gasteiger partial charge in [-0.25, -0.2) is 4.39 Å². The predicted molar refractivity (Wildman–Crippen MR) is 92.9 cm³/mol. The minimum absolute atomic E-state index is 0.267. The Kier molecular flexibility index (Phi) is 6.60. The fraction of sp³-hybridized carbons (Fsp3) is 0.412. The highest BCUT2D eigenvalue weighted by molar-refractivity contribution is 5.79. The van der Waals surface area contributed by atoms with Gasteiger partial charge in [0.2, 0.25) is 0 Å². The zero-order valence-electron chi connectivity index (χ0n) is 14.4. The van der Waals surface area contributed by atoms with Gasteiger partial charge in [0, 0.05) is 26.8 Å². The van der Waals surface area contributed by atoms with Crippen LogP contribution in [-0.4, -0.2) is 54.4 Å². The van der Waals surface area contributed by atoms with E-state index in [-0.39, 0.29) is 11.6 Å². The third-order valence-corrected chi connectivity index (χ3v) is 3.48. The van der Waals surface area contributed by atoms with E-state index in [4.69, 9.17) is 4.74 Å². The lowest BCUT2D eigenvalue weighted by atomic mass is 10.3. The summed E-state index contributed by atoms with van der Waals surface area (Å²) in [4.78, 5) is 6.18. The Labute approximate surface area is 141 Å². The van der Waals surface area contributed by atoms with E-state index in [0.717, 1.165) is 18.1 Å². The van der Waals surface area contributed by atoms with Gasteiger partial charge in [-0.15, -0.1) is 0 Å². The van der Waals surface area contributed by atoms with Crippen LogP contribution in [0, 0.1) is 12.7 Å². The molecule has 0 atom stereocenters. The molecule has 130 valence electrons. The normalized spacial score (nSPS) is 11.4. The topological polar surface area (TPSA) is 54.7 Å². The average Bonchev–Trinajstić information content (AvgIpc) is 2.98. The van der Waals surface area contributed by atoms with Crippen LogP contribution >= 0.6 is 0 Å². The number of aromatic nitrogens is 2. The quantitative estimate of drug-likeness (QED) is 0.621. The summed E-state index contributed by atoms with van der Waals surface area (Å²) in [6, 6.07) is 6.39. The van der Waals surface area contributed by atoms with Gasteiger partial charge in [0.25, 0.3) is 0 Å². The zero-order chi connectivity index (χ0) is 17.4. The predicted octanol–water partition coefficient (Wildman–Crippen LogP) is 1.92. The second kappa shape index (κ2) is 8.90. The number of hydrogen-bond acceptors (Lipinski definition) is 3. The summed E-state index contributed by atoms with van der Waals surface area (Å²) in [7, 11) is 3.65. The van der Waals surface area contributed by atoms with E-state index < -0.39 is 0 Å². The van der Waals surface area contributed by atoms with Crippen LogP contribution in [0.5, 0.6) is 5.75 Å². The summed E-state index contributed by atoms with van der Waals surface area (Å²) < 4.78 is 20.8. The van der Waals surface area contributed by atoms with Crippen molar-refractivity contribution in [3.8, 4) is 5.75 Å². The first kappa shape index (κ1) is 17.8. The van der Waals surface area contributed by atoms with Gasteiger partial charge in [0.15, 0.2) is 17.5 Å². The van der Waals surface area contributed by atoms with Crippen LogP contribution < -0.4 is 10.1 Å². The molecule has 0 amide bonds. The molecule has 0 aliphatic carbocycles. The number of hydrogen-bond donors (Lipinski definition) is 1. The lowest BCUT2D eigenvalue weighted by molar-refractivity contribution is 0.270. The van der Waals surface area contributed by atoms with Crippen LogP contribution in [-0.2, 0) is 6.54 Å². The maximum Gasteiger partial charge on any atom is 0.193 e. The van der Waals surface area contributed by atoms with Gasteiger partial charge in [-0.3, -0.25) is 9.67 Å². The molecule has 0 bridgehead atoms. The Morgan fingerprint density at radius 2 is 2.21 bits per heavy atom. The number of guanidine groups is 1. The van der Waals surface area contributed by atoms with Gasteiger partial charge in [-0.1, -0.05) is 12.1 Å². The number of benzene rings is 1. The Morgan fingerprint density at radius 1 is 1.42 bits per heavy atom. The van der Waals surface area contributed by atoms with Crippen LogP contribution in [0.15, 0.2) is 41.7 Å². The number of aliphatic imine (C=N–C) groups is 1. The maximum atomic E-state index is 13.5. The minimum Gasteiger partial charge on any atom is -0.489 e. The Hall–Kier alpha value is -2.57. The van der Waals surface area contributed by atoms with Crippen LogP contribution in [0.1, 0.15) is 5.56 Å². The van der Waals surface area contributed by atoms with Crippen LogP contribution in [0.3, 0.4) is 0 Å². The van der Waals surface area contributed by atoms with Crippen molar-refractivity contribution in [2.45, 2.75) is 13.5 Å². The molecule has 24 heavy (non-hydrogen) atoms. The molecular formula is C17H24FN5O. The van der Waals surface area contributed by atoms with Gasteiger partial charge in [-0.05, 0) is 24.6 Å². The molecule has 0 saturated heterocycles. The number of aryl methyl sites for hydroxylation is 1. The third kappa shape index (κ3) is 5.26. The second-order valence-corrected chi connectivity index (χ2v) is 5.46. The third-order valence-electron chi connectivity index (χ3n) is 3.48. The van der Waals surface area contributed by atoms with Gasteiger partial charge in [0.05, 0.1) is 19.3 Å². The highest BCUT2D eigenvalue weighted by atomic mass is 19.1. The summed E-state index contributed by atoms with van der Waals surface area (Å²) in [5.74, 6) is 0.677. The molecule has 0 aliphatic heterocycles. The number of ether oxygens (including phenoxy) is 1. The van der Waals surface area contributed by atoms with E-state index in [2.05, 4.69) is 15.4 Å². The molecule has 0 spiro atoms. The first-order valence-electron chi connectivity index (χ1n) is 7.88. The molecule has 7 heteroatoms. The monoisotopic (exact) mass is 333 g/mol. The Balaban J connectivity index is 1.73. The van der Waals surface area contributed by atoms with E-state index in [1.165, 1.54) is 6.07 Å². The summed E-state index contributed by atoms with van der Waals surface area (Å²) in [5, 5.41) is 7.51. The fourth-order valence-electron chi connectivity index (χ4n) is 2.22. The molecule has 6 nitrogen and oxygen atoms in total. The average molecular weight is 333 g/mol. The van der Waals surface area contributed by atoms with Crippen molar-refractivity contribution in [2.24, 2.45) is 4.99 Å². The molecule has 1 aromatic heterocycles. The van der Waals surface area contributed by atoms with Gasteiger partial charge < -0.3 is 15.0 Å². The smallest absolute Gasteiger partial charge is 0.193 e. The van der Waals surface area contributed by atoms with Crippen molar-refractivity contribution < 1.29 is 9.13 Å². The van der Waals surface area contributed by atoms with Crippen LogP contribution in [0.2, 0.25) is 0 Å². The van der Waals surface area contributed by atoms with Gasteiger partial charge >= 0.3 is 0 Å². The number of rotatable bonds is 7. The summed E-state index contributed by atoms with van der Waals surface area (Å²) in [5.41, 5.74) is 1.14. The molecule has 2 aromatic rings. The second-order valence-electron chi connectivity index (χ2n) is 5.46. The summed E-state index contributed by atoms with van der Waals surface area (Å²) in [6.45, 7) is 4.45. The SMILES string of the molecule is CN=C(NCCn1cc(C)cn1)N(C)CCOc1ccccc1F. The molecule has 1 N–H and O–H groups in total. The van der Waals surface area contributed by atoms with Gasteiger partial charge in [0.1, 0.15) is 6.61 Å². The standard InChI is InChI=1S/C17H24FN5O/c1-14-12-21-23(13-14)9-8-20-17(19-2)22(3)10-11-24-16-7-5-4-6-15(16)18/h4-7,12-13H,8-11H2,1-3H3,(H,19,20). The van der Waals surface area contributed by atoms with Crippen molar-refractivity contribution in [3.63, 3.8) is 0 Å². The number of nitrogens with one attached hydrogen (secondary N) is 1. The molecule has 2 rings (SSSR count). The number of likely N-dealkylation sites (N-methyl/N-ethyl adjacent to an activating group) is 1. The highest BCUT2D eigenvalue weighted by Gasteiger charge is 2.07. The van der Waals surface area contributed by atoms with E-state index in [1.807, 2.05) is 35.9 Å². The van der Waals surface area contributed by atoms with Crippen molar-refractivity contribution in [1.82, 2.24) is 20.0 Å². The van der Waals surface area contributed by atoms with Crippen molar-refractivity contribution in [2.75, 3.05) is 33.8 Å². The molecular weight excluding hydrogens is 309 g/mol. The number of halogens is 1. The Bertz CT molecular complexity index is 671. The number of nitrogens with zero attached hydrogens (tertiary/aromatic N) is 4. The van der Waals surface area contributed by atoms with E-state index in [9.17, 15) is 4.39 Å². The molecule has 0 saturated carbocycles. The van der Waals surface area contributed by atoms with Gasteiger partial charge in [-0.2, -0.15) is 5.10 Å². The van der Waals surface area contributed by atoms with Crippen LogP contribution in [0.25, 0.3) is 0 Å². The lowest BCUT2D eigenvalue weighted by Crippen LogP contribution is -2.42. The molecule has 1 aromatic carbocycles. The van der Waals surface area contributed by atoms with E-state index >= 15 is 0 Å². The maximum absolute atomic E-state index is 13.5. The summed E-state index contributed by atoms with van der Waals surface area (Å²) in [6.07, 6.45) is 3.83. The van der Waals surface area contributed by atoms with Crippen molar-refractivity contribution >= 4 is 5.96 Å². The number of para-hydroxylation sites is 1. The molecule has 0 fully saturated rings. The summed E-state index contributed by atoms with van der Waals surface area (Å²) >= 11 is 0. The first-order chi connectivity index (χ1) is 11.6. The van der Waals surface area contributed by atoms with Crippen molar-refractivity contribution in [1.29, 1.82) is 0 Å². The molecule has 0 radical (unpaired) electrons. The Morgan fingerprint density at radius 3 is 2.88 bits per heavy atom. The highest BCUT2D eigenvalue weighted by Crippen LogP contribution is 2.14. The zero-order valence-corrected chi connectivity index (χ0v) is 14.4. The lowest BCUT2D eigenvalue weighted by Gasteiger charge is -2.22. The molecule has 0 aliphatic rings. The van der Waals surface area contributed by atoms with E-state index in [0.29, 0.717) is 19.7 Å². The fourth-order valence-corrected chi connectivity index (χ4v) is 2.22. The first-order valence-corrected chi connectivity index (χ1v) is 7.88. The molecule has 1 heterocycles.